The first-order valence-corrected chi connectivity index (χ1v) is 7.17. The molecular weight excluding hydrogens is 278 g/mol. The molecule has 0 saturated heterocycles. The Labute approximate surface area is 128 Å². The molecule has 1 fully saturated rings. The normalized spacial score (nSPS) is 13.8. The summed E-state index contributed by atoms with van der Waals surface area (Å²) in [6.07, 6.45) is 2.54. The quantitative estimate of drug-likeness (QED) is 0.873. The lowest BCUT2D eigenvalue weighted by atomic mass is 10.0. The summed E-state index contributed by atoms with van der Waals surface area (Å²) < 4.78 is 5.69. The van der Waals surface area contributed by atoms with E-state index in [1.165, 1.54) is 12.8 Å². The second kappa shape index (κ2) is 6.00. The van der Waals surface area contributed by atoms with Crippen molar-refractivity contribution >= 4 is 11.8 Å². The van der Waals surface area contributed by atoms with Crippen LogP contribution in [0.4, 0.5) is 11.8 Å². The Hall–Kier alpha value is -2.65. The molecule has 0 spiro atoms. The molecular formula is C16H17N5O. The molecule has 4 N–H and O–H groups in total. The number of nitrogen functional groups attached to an aromatic ring is 2. The van der Waals surface area contributed by atoms with Crippen molar-refractivity contribution in [1.82, 2.24) is 9.97 Å². The topological polar surface area (TPSA) is 111 Å². The minimum absolute atomic E-state index is 0.0573. The van der Waals surface area contributed by atoms with Crippen LogP contribution in [0.3, 0.4) is 0 Å². The number of hydrogen-bond acceptors (Lipinski definition) is 6. The van der Waals surface area contributed by atoms with Crippen LogP contribution < -0.4 is 11.5 Å². The molecule has 6 heteroatoms. The van der Waals surface area contributed by atoms with Gasteiger partial charge in [0.1, 0.15) is 17.5 Å². The monoisotopic (exact) mass is 295 g/mol. The zero-order chi connectivity index (χ0) is 15.5. The highest BCUT2D eigenvalue weighted by Gasteiger charge is 2.21. The molecule has 0 radical (unpaired) electrons. The number of nitrogens with zero attached hydrogens (tertiary/aromatic N) is 3. The Morgan fingerprint density at radius 3 is 2.82 bits per heavy atom. The van der Waals surface area contributed by atoms with E-state index < -0.39 is 0 Å². The van der Waals surface area contributed by atoms with Crippen LogP contribution in [0.15, 0.2) is 24.3 Å². The molecule has 0 aliphatic heterocycles. The highest BCUT2D eigenvalue weighted by molar-refractivity contribution is 5.73. The van der Waals surface area contributed by atoms with Crippen LogP contribution in [-0.2, 0) is 11.3 Å². The molecule has 112 valence electrons. The average molecular weight is 295 g/mol. The standard InChI is InChI=1S/C16H17N5O/c17-7-13-14(20-16(19)21-15(13)18)12-3-1-2-11(6-12)9-22-8-10-4-5-10/h1-3,6,10H,4-5,8-9H2,(H4,18,19,20,21). The number of benzene rings is 1. The summed E-state index contributed by atoms with van der Waals surface area (Å²) in [5.74, 6) is 0.886. The molecule has 6 nitrogen and oxygen atoms in total. The SMILES string of the molecule is N#Cc1c(N)nc(N)nc1-c1cccc(COCC2CC2)c1. The Bertz CT molecular complexity index is 734. The number of ether oxygens (including phenoxy) is 1. The van der Waals surface area contributed by atoms with Crippen molar-refractivity contribution in [2.75, 3.05) is 18.1 Å². The van der Waals surface area contributed by atoms with E-state index in [0.29, 0.717) is 12.3 Å². The predicted molar refractivity (Wildman–Crippen MR) is 83.4 cm³/mol. The molecule has 0 unspecified atom stereocenters. The van der Waals surface area contributed by atoms with Gasteiger partial charge in [0, 0.05) is 12.2 Å². The molecule has 1 aliphatic carbocycles. The Morgan fingerprint density at radius 1 is 1.27 bits per heavy atom. The van der Waals surface area contributed by atoms with Crippen molar-refractivity contribution in [3.63, 3.8) is 0 Å². The molecule has 1 aromatic carbocycles. The number of aromatic nitrogens is 2. The maximum absolute atomic E-state index is 9.25. The van der Waals surface area contributed by atoms with Gasteiger partial charge in [0.05, 0.1) is 12.3 Å². The molecule has 1 saturated carbocycles. The van der Waals surface area contributed by atoms with Gasteiger partial charge in [0.15, 0.2) is 0 Å². The van der Waals surface area contributed by atoms with E-state index in [1.807, 2.05) is 30.3 Å². The Balaban J connectivity index is 1.86. The fourth-order valence-corrected chi connectivity index (χ4v) is 2.25. The summed E-state index contributed by atoms with van der Waals surface area (Å²) in [6, 6.07) is 9.73. The molecule has 0 bridgehead atoms. The van der Waals surface area contributed by atoms with Crippen molar-refractivity contribution in [3.05, 3.63) is 35.4 Å². The summed E-state index contributed by atoms with van der Waals surface area (Å²) >= 11 is 0. The lowest BCUT2D eigenvalue weighted by molar-refractivity contribution is 0.111. The fourth-order valence-electron chi connectivity index (χ4n) is 2.25. The van der Waals surface area contributed by atoms with E-state index in [2.05, 4.69) is 9.97 Å². The summed E-state index contributed by atoms with van der Waals surface area (Å²) in [6.45, 7) is 1.35. The fraction of sp³-hybridized carbons (Fsp3) is 0.312. The van der Waals surface area contributed by atoms with Gasteiger partial charge in [-0.1, -0.05) is 18.2 Å². The third-order valence-corrected chi connectivity index (χ3v) is 3.59. The molecule has 0 atom stereocenters. The van der Waals surface area contributed by atoms with Crippen LogP contribution in [0.25, 0.3) is 11.3 Å². The van der Waals surface area contributed by atoms with Crippen LogP contribution >= 0.6 is 0 Å². The number of hydrogen-bond donors (Lipinski definition) is 2. The zero-order valence-electron chi connectivity index (χ0n) is 12.1. The van der Waals surface area contributed by atoms with Crippen molar-refractivity contribution in [1.29, 1.82) is 5.26 Å². The first-order chi connectivity index (χ1) is 10.7. The highest BCUT2D eigenvalue weighted by atomic mass is 16.5. The van der Waals surface area contributed by atoms with Gasteiger partial charge in [-0.05, 0) is 30.4 Å². The first-order valence-electron chi connectivity index (χ1n) is 7.17. The number of rotatable bonds is 5. The van der Waals surface area contributed by atoms with E-state index in [0.717, 1.165) is 23.7 Å². The van der Waals surface area contributed by atoms with Crippen LogP contribution in [0.5, 0.6) is 0 Å². The van der Waals surface area contributed by atoms with Crippen molar-refractivity contribution in [2.24, 2.45) is 5.92 Å². The smallest absolute Gasteiger partial charge is 0.222 e. The predicted octanol–water partition coefficient (Wildman–Crippen LogP) is 2.11. The van der Waals surface area contributed by atoms with E-state index in [1.54, 1.807) is 0 Å². The highest BCUT2D eigenvalue weighted by Crippen LogP contribution is 2.29. The second-order valence-electron chi connectivity index (χ2n) is 5.46. The van der Waals surface area contributed by atoms with E-state index >= 15 is 0 Å². The molecule has 1 aliphatic rings. The van der Waals surface area contributed by atoms with Crippen molar-refractivity contribution in [2.45, 2.75) is 19.4 Å². The van der Waals surface area contributed by atoms with Gasteiger partial charge in [-0.25, -0.2) is 4.98 Å². The summed E-state index contributed by atoms with van der Waals surface area (Å²) in [5, 5.41) is 9.25. The Morgan fingerprint density at radius 2 is 2.09 bits per heavy atom. The van der Waals surface area contributed by atoms with Gasteiger partial charge in [0.25, 0.3) is 0 Å². The maximum Gasteiger partial charge on any atom is 0.222 e. The van der Waals surface area contributed by atoms with Crippen LogP contribution in [0, 0.1) is 17.2 Å². The number of nitrogens with two attached hydrogens (primary N) is 2. The van der Waals surface area contributed by atoms with Crippen molar-refractivity contribution < 1.29 is 4.74 Å². The Kier molecular flexibility index (Phi) is 3.90. The second-order valence-corrected chi connectivity index (χ2v) is 5.46. The van der Waals surface area contributed by atoms with Crippen LogP contribution in [0.1, 0.15) is 24.0 Å². The van der Waals surface area contributed by atoms with Gasteiger partial charge in [0.2, 0.25) is 5.95 Å². The van der Waals surface area contributed by atoms with E-state index in [-0.39, 0.29) is 17.3 Å². The molecule has 2 aromatic rings. The zero-order valence-corrected chi connectivity index (χ0v) is 12.1. The lowest BCUT2D eigenvalue weighted by Crippen LogP contribution is -2.05. The third kappa shape index (κ3) is 3.15. The van der Waals surface area contributed by atoms with Gasteiger partial charge < -0.3 is 16.2 Å². The minimum atomic E-state index is 0.0573. The molecule has 1 heterocycles. The minimum Gasteiger partial charge on any atom is -0.382 e. The van der Waals surface area contributed by atoms with Crippen LogP contribution in [-0.4, -0.2) is 16.6 Å². The first kappa shape index (κ1) is 14.3. The summed E-state index contributed by atoms with van der Waals surface area (Å²) in [4.78, 5) is 7.98. The van der Waals surface area contributed by atoms with Gasteiger partial charge in [-0.2, -0.15) is 10.2 Å². The maximum atomic E-state index is 9.25. The van der Waals surface area contributed by atoms with E-state index in [4.69, 9.17) is 16.2 Å². The molecule has 1 aromatic heterocycles. The van der Waals surface area contributed by atoms with Gasteiger partial charge in [-0.3, -0.25) is 0 Å². The summed E-state index contributed by atoms with van der Waals surface area (Å²) in [5.41, 5.74) is 13.9. The molecule has 3 rings (SSSR count). The van der Waals surface area contributed by atoms with E-state index in [9.17, 15) is 5.26 Å². The van der Waals surface area contributed by atoms with Crippen LogP contribution in [0.2, 0.25) is 0 Å². The molecule has 0 amide bonds. The van der Waals surface area contributed by atoms with Crippen molar-refractivity contribution in [3.8, 4) is 17.3 Å². The number of nitriles is 1. The number of anilines is 2. The third-order valence-electron chi connectivity index (χ3n) is 3.59. The summed E-state index contributed by atoms with van der Waals surface area (Å²) in [7, 11) is 0. The largest absolute Gasteiger partial charge is 0.382 e. The van der Waals surface area contributed by atoms with Gasteiger partial charge >= 0.3 is 0 Å². The van der Waals surface area contributed by atoms with Gasteiger partial charge in [-0.15, -0.1) is 0 Å². The lowest BCUT2D eigenvalue weighted by Gasteiger charge is -2.09. The molecule has 22 heavy (non-hydrogen) atoms. The average Bonchev–Trinajstić information content (AvgIpc) is 3.31.